The molecule has 1 N–H and O–H groups in total. The van der Waals surface area contributed by atoms with Crippen LogP contribution in [0, 0.1) is 5.82 Å². The number of hydrogen-bond donors (Lipinski definition) is 1. The Morgan fingerprint density at radius 1 is 1.03 bits per heavy atom. The fourth-order valence-electron chi connectivity index (χ4n) is 4.14. The number of hydrogen-bond acceptors (Lipinski definition) is 2. The van der Waals surface area contributed by atoms with Crippen molar-refractivity contribution in [3.05, 3.63) is 83.2 Å². The van der Waals surface area contributed by atoms with Crippen LogP contribution < -0.4 is 5.32 Å². The van der Waals surface area contributed by atoms with Crippen LogP contribution in [0.15, 0.2) is 66.2 Å². The summed E-state index contributed by atoms with van der Waals surface area (Å²) in [6.45, 7) is 2.64. The highest BCUT2D eigenvalue weighted by Crippen LogP contribution is 2.20. The van der Waals surface area contributed by atoms with Gasteiger partial charge in [0, 0.05) is 25.9 Å². The minimum atomic E-state index is -0.629. The molecule has 0 heterocycles. The van der Waals surface area contributed by atoms with Gasteiger partial charge in [0.25, 0.3) is 0 Å². The van der Waals surface area contributed by atoms with Crippen molar-refractivity contribution in [2.45, 2.75) is 64.5 Å². The molecule has 0 saturated heterocycles. The van der Waals surface area contributed by atoms with Gasteiger partial charge in [0.2, 0.25) is 11.8 Å². The zero-order chi connectivity index (χ0) is 22.8. The predicted octanol–water partition coefficient (Wildman–Crippen LogP) is 5.18. The summed E-state index contributed by atoms with van der Waals surface area (Å²) in [6.07, 6.45) is 8.56. The van der Waals surface area contributed by atoms with Crippen LogP contribution >= 0.6 is 0 Å². The highest BCUT2D eigenvalue weighted by atomic mass is 19.1. The Hall–Kier alpha value is -2.95. The lowest BCUT2D eigenvalue weighted by molar-refractivity contribution is -0.141. The van der Waals surface area contributed by atoms with E-state index in [-0.39, 0.29) is 24.2 Å². The summed E-state index contributed by atoms with van der Waals surface area (Å²) in [7, 11) is 0. The Bertz CT molecular complexity index is 909. The highest BCUT2D eigenvalue weighted by molar-refractivity contribution is 5.88. The number of amides is 2. The van der Waals surface area contributed by atoms with Crippen LogP contribution in [0.2, 0.25) is 0 Å². The van der Waals surface area contributed by atoms with E-state index in [0.717, 1.165) is 30.4 Å². The molecule has 0 unspecified atom stereocenters. The molecule has 1 atom stereocenters. The largest absolute Gasteiger partial charge is 0.354 e. The molecule has 32 heavy (non-hydrogen) atoms. The van der Waals surface area contributed by atoms with Crippen molar-refractivity contribution in [2.75, 3.05) is 6.54 Å². The molecule has 0 radical (unpaired) electrons. The molecule has 4 nitrogen and oxygen atoms in total. The minimum Gasteiger partial charge on any atom is -0.354 e. The highest BCUT2D eigenvalue weighted by Gasteiger charge is 2.29. The molecule has 0 aromatic heterocycles. The standard InChI is InChI=1S/C27H33FN2O2/c1-2-26(31)30(20-23-13-15-24(28)16-14-23)25(19-22-11-7-4-8-12-22)27(32)29-18-17-21-9-5-3-6-10-21/h4,7-9,11-16,25H,2-3,5-6,10,17-20H2,1H3,(H,29,32)/t25-/m1/s1. The zero-order valence-electron chi connectivity index (χ0n) is 18.9. The zero-order valence-corrected chi connectivity index (χ0v) is 18.9. The maximum atomic E-state index is 13.4. The Morgan fingerprint density at radius 3 is 2.44 bits per heavy atom. The molecule has 1 aliphatic rings. The molecule has 1 aliphatic carbocycles. The third-order valence-corrected chi connectivity index (χ3v) is 5.97. The van der Waals surface area contributed by atoms with E-state index < -0.39 is 6.04 Å². The summed E-state index contributed by atoms with van der Waals surface area (Å²) < 4.78 is 13.4. The van der Waals surface area contributed by atoms with E-state index in [2.05, 4.69) is 11.4 Å². The topological polar surface area (TPSA) is 49.4 Å². The van der Waals surface area contributed by atoms with Gasteiger partial charge in [-0.3, -0.25) is 9.59 Å². The lowest BCUT2D eigenvalue weighted by Gasteiger charge is -2.31. The van der Waals surface area contributed by atoms with Gasteiger partial charge in [0.15, 0.2) is 0 Å². The second kappa shape index (κ2) is 12.2. The molecule has 0 saturated carbocycles. The van der Waals surface area contributed by atoms with E-state index >= 15 is 0 Å². The number of benzene rings is 2. The number of halogens is 1. The van der Waals surface area contributed by atoms with Crippen LogP contribution in [0.5, 0.6) is 0 Å². The molecule has 0 fully saturated rings. The number of nitrogens with zero attached hydrogens (tertiary/aromatic N) is 1. The molecule has 0 bridgehead atoms. The third kappa shape index (κ3) is 7.04. The van der Waals surface area contributed by atoms with E-state index in [1.54, 1.807) is 24.0 Å². The van der Waals surface area contributed by atoms with Crippen molar-refractivity contribution < 1.29 is 14.0 Å². The maximum Gasteiger partial charge on any atom is 0.243 e. The predicted molar refractivity (Wildman–Crippen MR) is 125 cm³/mol. The molecule has 2 aromatic carbocycles. The molecule has 0 aliphatic heterocycles. The summed E-state index contributed by atoms with van der Waals surface area (Å²) in [6, 6.07) is 15.2. The van der Waals surface area contributed by atoms with Crippen molar-refractivity contribution in [2.24, 2.45) is 0 Å². The second-order valence-electron chi connectivity index (χ2n) is 8.36. The van der Waals surface area contributed by atoms with Crippen LogP contribution in [-0.4, -0.2) is 29.3 Å². The van der Waals surface area contributed by atoms with Gasteiger partial charge in [-0.25, -0.2) is 4.39 Å². The molecule has 170 valence electrons. The molecule has 0 spiro atoms. The first kappa shape index (κ1) is 23.7. The molecule has 3 rings (SSSR count). The number of nitrogens with one attached hydrogen (secondary N) is 1. The minimum absolute atomic E-state index is 0.0969. The molecular formula is C27H33FN2O2. The number of rotatable bonds is 10. The maximum absolute atomic E-state index is 13.4. The summed E-state index contributed by atoms with van der Waals surface area (Å²) in [5.74, 6) is -0.563. The Balaban J connectivity index is 1.77. The van der Waals surface area contributed by atoms with Crippen LogP contribution in [0.4, 0.5) is 4.39 Å². The summed E-state index contributed by atoms with van der Waals surface area (Å²) >= 11 is 0. The second-order valence-corrected chi connectivity index (χ2v) is 8.36. The first-order valence-corrected chi connectivity index (χ1v) is 11.6. The van der Waals surface area contributed by atoms with Crippen molar-refractivity contribution in [1.82, 2.24) is 10.2 Å². The summed E-state index contributed by atoms with van der Waals surface area (Å²) in [4.78, 5) is 27.8. The first-order valence-electron chi connectivity index (χ1n) is 11.6. The van der Waals surface area contributed by atoms with Crippen molar-refractivity contribution >= 4 is 11.8 Å². The number of carbonyl (C=O) groups is 2. The van der Waals surface area contributed by atoms with Gasteiger partial charge in [-0.05, 0) is 55.4 Å². The van der Waals surface area contributed by atoms with Crippen LogP contribution in [0.1, 0.15) is 56.6 Å². The molecular weight excluding hydrogens is 403 g/mol. The van der Waals surface area contributed by atoms with Crippen molar-refractivity contribution in [1.29, 1.82) is 0 Å². The normalized spacial score (nSPS) is 14.4. The lowest BCUT2D eigenvalue weighted by Crippen LogP contribution is -2.50. The monoisotopic (exact) mass is 436 g/mol. The van der Waals surface area contributed by atoms with Gasteiger partial charge in [0.1, 0.15) is 11.9 Å². The Kier molecular flexibility index (Phi) is 9.02. The fourth-order valence-corrected chi connectivity index (χ4v) is 4.14. The van der Waals surface area contributed by atoms with Gasteiger partial charge >= 0.3 is 0 Å². The van der Waals surface area contributed by atoms with Gasteiger partial charge in [0.05, 0.1) is 0 Å². The third-order valence-electron chi connectivity index (χ3n) is 5.97. The fraction of sp³-hybridized carbons (Fsp3) is 0.407. The SMILES string of the molecule is CCC(=O)N(Cc1ccc(F)cc1)[C@H](Cc1ccccc1)C(=O)NCCC1=CCCCC1. The quantitative estimate of drug-likeness (QED) is 0.522. The first-order chi connectivity index (χ1) is 15.6. The molecule has 2 aromatic rings. The van der Waals surface area contributed by atoms with Crippen molar-refractivity contribution in [3.63, 3.8) is 0 Å². The van der Waals surface area contributed by atoms with Gasteiger partial charge in [-0.1, -0.05) is 61.0 Å². The Labute approximate surface area is 190 Å². The van der Waals surface area contributed by atoms with Crippen LogP contribution in [-0.2, 0) is 22.6 Å². The van der Waals surface area contributed by atoms with Gasteiger partial charge < -0.3 is 10.2 Å². The van der Waals surface area contributed by atoms with E-state index in [1.807, 2.05) is 30.3 Å². The van der Waals surface area contributed by atoms with Crippen LogP contribution in [0.25, 0.3) is 0 Å². The number of allylic oxidation sites excluding steroid dienone is 1. The summed E-state index contributed by atoms with van der Waals surface area (Å²) in [5.41, 5.74) is 3.20. The van der Waals surface area contributed by atoms with E-state index in [0.29, 0.717) is 19.4 Å². The van der Waals surface area contributed by atoms with E-state index in [9.17, 15) is 14.0 Å². The average Bonchev–Trinajstić information content (AvgIpc) is 2.83. The molecule has 2 amide bonds. The number of carbonyl (C=O) groups excluding carboxylic acids is 2. The van der Waals surface area contributed by atoms with Gasteiger partial charge in [-0.2, -0.15) is 0 Å². The smallest absolute Gasteiger partial charge is 0.243 e. The van der Waals surface area contributed by atoms with Gasteiger partial charge in [-0.15, -0.1) is 0 Å². The lowest BCUT2D eigenvalue weighted by atomic mass is 9.97. The Morgan fingerprint density at radius 2 is 1.78 bits per heavy atom. The average molecular weight is 437 g/mol. The van der Waals surface area contributed by atoms with Crippen LogP contribution in [0.3, 0.4) is 0 Å². The van der Waals surface area contributed by atoms with E-state index in [4.69, 9.17) is 0 Å². The summed E-state index contributed by atoms with van der Waals surface area (Å²) in [5, 5.41) is 3.07. The van der Waals surface area contributed by atoms with E-state index in [1.165, 1.54) is 30.5 Å². The molecule has 5 heteroatoms. The van der Waals surface area contributed by atoms with Crippen molar-refractivity contribution in [3.8, 4) is 0 Å².